The summed E-state index contributed by atoms with van der Waals surface area (Å²) >= 11 is 0. The number of hydrogen-bond donors (Lipinski definition) is 1. The van der Waals surface area contributed by atoms with Crippen molar-refractivity contribution >= 4 is 27.5 Å². The van der Waals surface area contributed by atoms with E-state index in [1.165, 1.54) is 4.90 Å². The van der Waals surface area contributed by atoms with Crippen molar-refractivity contribution in [3.63, 3.8) is 0 Å². The molecule has 192 valence electrons. The molecule has 1 unspecified atom stereocenters. The fourth-order valence-corrected chi connectivity index (χ4v) is 4.35. The zero-order valence-electron chi connectivity index (χ0n) is 21.3. The molecule has 0 aliphatic heterocycles. The second-order valence-electron chi connectivity index (χ2n) is 8.52. The number of unbranched alkanes of at least 4 members (excludes halogenated alkanes) is 1. The highest BCUT2D eigenvalue weighted by Gasteiger charge is 2.30. The van der Waals surface area contributed by atoms with Gasteiger partial charge in [0.05, 0.1) is 18.6 Å². The highest BCUT2D eigenvalue weighted by atomic mass is 32.2. The largest absolute Gasteiger partial charge is 0.494 e. The Labute approximate surface area is 209 Å². The number of nitrogens with one attached hydrogen (secondary N) is 1. The van der Waals surface area contributed by atoms with E-state index in [9.17, 15) is 18.0 Å². The van der Waals surface area contributed by atoms with E-state index in [4.69, 9.17) is 4.74 Å². The maximum Gasteiger partial charge on any atom is 0.244 e. The van der Waals surface area contributed by atoms with Crippen LogP contribution in [0.5, 0.6) is 5.75 Å². The van der Waals surface area contributed by atoms with Gasteiger partial charge in [-0.05, 0) is 57.0 Å². The van der Waals surface area contributed by atoms with Gasteiger partial charge in [-0.3, -0.25) is 13.9 Å². The topological polar surface area (TPSA) is 96.0 Å². The first-order chi connectivity index (χ1) is 16.6. The van der Waals surface area contributed by atoms with Gasteiger partial charge in [-0.2, -0.15) is 0 Å². The lowest BCUT2D eigenvalue weighted by atomic mass is 10.1. The van der Waals surface area contributed by atoms with E-state index in [1.807, 2.05) is 45.0 Å². The average molecular weight is 504 g/mol. The maximum absolute atomic E-state index is 13.5. The Morgan fingerprint density at radius 3 is 2.20 bits per heavy atom. The van der Waals surface area contributed by atoms with Crippen molar-refractivity contribution < 1.29 is 22.7 Å². The van der Waals surface area contributed by atoms with Crippen LogP contribution in [0.4, 0.5) is 5.69 Å². The predicted octanol–water partition coefficient (Wildman–Crippen LogP) is 3.49. The van der Waals surface area contributed by atoms with Crippen LogP contribution in [0.15, 0.2) is 48.5 Å². The van der Waals surface area contributed by atoms with Crippen molar-refractivity contribution in [1.82, 2.24) is 10.2 Å². The number of amides is 2. The zero-order chi connectivity index (χ0) is 26.0. The van der Waals surface area contributed by atoms with E-state index in [1.54, 1.807) is 31.2 Å². The molecule has 35 heavy (non-hydrogen) atoms. The minimum absolute atomic E-state index is 0.183. The van der Waals surface area contributed by atoms with Crippen LogP contribution in [0.25, 0.3) is 0 Å². The van der Waals surface area contributed by atoms with Gasteiger partial charge in [-0.25, -0.2) is 8.42 Å². The van der Waals surface area contributed by atoms with Crippen LogP contribution in [0.2, 0.25) is 0 Å². The van der Waals surface area contributed by atoms with E-state index < -0.39 is 28.5 Å². The summed E-state index contributed by atoms with van der Waals surface area (Å²) in [5.74, 6) is -0.136. The lowest BCUT2D eigenvalue weighted by Gasteiger charge is -2.31. The number of nitrogens with zero attached hydrogens (tertiary/aromatic N) is 2. The number of anilines is 1. The first-order valence-electron chi connectivity index (χ1n) is 11.9. The van der Waals surface area contributed by atoms with Crippen molar-refractivity contribution in [1.29, 1.82) is 0 Å². The van der Waals surface area contributed by atoms with Crippen molar-refractivity contribution in [3.05, 3.63) is 59.7 Å². The van der Waals surface area contributed by atoms with Crippen molar-refractivity contribution in [2.75, 3.05) is 30.3 Å². The fourth-order valence-electron chi connectivity index (χ4n) is 3.50. The van der Waals surface area contributed by atoms with Gasteiger partial charge in [0.15, 0.2) is 0 Å². The Balaban J connectivity index is 2.32. The normalized spacial score (nSPS) is 12.0. The number of sulfonamides is 1. The molecule has 0 aromatic heterocycles. The number of aryl methyl sites for hydroxylation is 1. The predicted molar refractivity (Wildman–Crippen MR) is 139 cm³/mol. The van der Waals surface area contributed by atoms with Gasteiger partial charge < -0.3 is 15.0 Å². The molecule has 0 aliphatic carbocycles. The molecule has 0 bridgehead atoms. The molecular formula is C26H37N3O5S. The third-order valence-corrected chi connectivity index (χ3v) is 6.73. The second-order valence-corrected chi connectivity index (χ2v) is 10.4. The summed E-state index contributed by atoms with van der Waals surface area (Å²) in [7, 11) is -3.77. The van der Waals surface area contributed by atoms with E-state index in [0.29, 0.717) is 24.6 Å². The number of rotatable bonds is 13. The SMILES string of the molecule is CCCCNC(=O)C(C)N(Cc1ccc(C)cc1)C(=O)CN(c1ccc(OCC)cc1)S(C)(=O)=O. The maximum atomic E-state index is 13.5. The third kappa shape index (κ3) is 8.58. The van der Waals surface area contributed by atoms with Gasteiger partial charge in [0.2, 0.25) is 21.8 Å². The molecule has 0 fully saturated rings. The number of benzene rings is 2. The smallest absolute Gasteiger partial charge is 0.244 e. The number of hydrogen-bond acceptors (Lipinski definition) is 5. The lowest BCUT2D eigenvalue weighted by molar-refractivity contribution is -0.139. The third-order valence-electron chi connectivity index (χ3n) is 5.59. The van der Waals surface area contributed by atoms with Crippen LogP contribution < -0.4 is 14.4 Å². The second kappa shape index (κ2) is 13.1. The standard InChI is InChI=1S/C26H37N3O5S/c1-6-8-17-27-26(31)21(4)28(18-22-11-9-20(3)10-12-22)25(30)19-29(35(5,32)33)23-13-15-24(16-14-23)34-7-2/h9-16,21H,6-8,17-19H2,1-5H3,(H,27,31). The van der Waals surface area contributed by atoms with Crippen molar-refractivity contribution in [2.45, 2.75) is 53.1 Å². The Morgan fingerprint density at radius 2 is 1.66 bits per heavy atom. The van der Waals surface area contributed by atoms with Gasteiger partial charge in [0.25, 0.3) is 0 Å². The Morgan fingerprint density at radius 1 is 1.03 bits per heavy atom. The molecule has 2 amide bonds. The van der Waals surface area contributed by atoms with E-state index in [-0.39, 0.29) is 12.5 Å². The minimum atomic E-state index is -3.77. The molecule has 1 atom stereocenters. The molecule has 1 N–H and O–H groups in total. The molecule has 0 heterocycles. The molecule has 0 saturated carbocycles. The highest BCUT2D eigenvalue weighted by Crippen LogP contribution is 2.22. The molecule has 0 spiro atoms. The van der Waals surface area contributed by atoms with E-state index in [0.717, 1.165) is 34.5 Å². The molecule has 9 heteroatoms. The molecule has 8 nitrogen and oxygen atoms in total. The lowest BCUT2D eigenvalue weighted by Crippen LogP contribution is -2.51. The summed E-state index contributed by atoms with van der Waals surface area (Å²) in [6.45, 7) is 8.29. The molecular weight excluding hydrogens is 466 g/mol. The van der Waals surface area contributed by atoms with Gasteiger partial charge in [-0.15, -0.1) is 0 Å². The Hall–Kier alpha value is -3.07. The summed E-state index contributed by atoms with van der Waals surface area (Å²) in [5.41, 5.74) is 2.28. The summed E-state index contributed by atoms with van der Waals surface area (Å²) in [5, 5.41) is 2.87. The van der Waals surface area contributed by atoms with Crippen molar-refractivity contribution in [2.24, 2.45) is 0 Å². The summed E-state index contributed by atoms with van der Waals surface area (Å²) < 4.78 is 31.7. The first kappa shape index (κ1) is 28.2. The number of carbonyl (C=O) groups is 2. The molecule has 2 rings (SSSR count). The number of carbonyl (C=O) groups excluding carboxylic acids is 2. The average Bonchev–Trinajstić information content (AvgIpc) is 2.82. The van der Waals surface area contributed by atoms with Crippen LogP contribution in [0, 0.1) is 6.92 Å². The van der Waals surface area contributed by atoms with Crippen LogP contribution in [0.3, 0.4) is 0 Å². The van der Waals surface area contributed by atoms with Crippen LogP contribution >= 0.6 is 0 Å². The Kier molecular flexibility index (Phi) is 10.6. The summed E-state index contributed by atoms with van der Waals surface area (Å²) in [4.78, 5) is 27.7. The quantitative estimate of drug-likeness (QED) is 0.422. The summed E-state index contributed by atoms with van der Waals surface area (Å²) in [6, 6.07) is 13.4. The zero-order valence-corrected chi connectivity index (χ0v) is 22.1. The fraction of sp³-hybridized carbons (Fsp3) is 0.462. The first-order valence-corrected chi connectivity index (χ1v) is 13.7. The number of ether oxygens (including phenoxy) is 1. The molecule has 2 aromatic carbocycles. The van der Waals surface area contributed by atoms with Gasteiger partial charge >= 0.3 is 0 Å². The monoisotopic (exact) mass is 503 g/mol. The van der Waals surface area contributed by atoms with E-state index >= 15 is 0 Å². The van der Waals surface area contributed by atoms with Gasteiger partial charge in [-0.1, -0.05) is 43.2 Å². The van der Waals surface area contributed by atoms with Gasteiger partial charge in [0, 0.05) is 13.1 Å². The van der Waals surface area contributed by atoms with Crippen LogP contribution in [-0.4, -0.2) is 57.1 Å². The van der Waals surface area contributed by atoms with Crippen LogP contribution in [0.1, 0.15) is 44.7 Å². The van der Waals surface area contributed by atoms with Crippen LogP contribution in [-0.2, 0) is 26.2 Å². The molecule has 2 aromatic rings. The molecule has 0 saturated heterocycles. The molecule has 0 aliphatic rings. The highest BCUT2D eigenvalue weighted by molar-refractivity contribution is 7.92. The summed E-state index contributed by atoms with van der Waals surface area (Å²) in [6.07, 6.45) is 2.83. The van der Waals surface area contributed by atoms with E-state index in [2.05, 4.69) is 5.32 Å². The molecule has 0 radical (unpaired) electrons. The van der Waals surface area contributed by atoms with Crippen molar-refractivity contribution in [3.8, 4) is 5.75 Å². The Bertz CT molecular complexity index is 1070. The minimum Gasteiger partial charge on any atom is -0.494 e. The van der Waals surface area contributed by atoms with Gasteiger partial charge in [0.1, 0.15) is 18.3 Å².